The molecule has 98 valence electrons. The van der Waals surface area contributed by atoms with E-state index < -0.39 is 0 Å². The second kappa shape index (κ2) is 5.57. The molecule has 0 aliphatic heterocycles. The first kappa shape index (κ1) is 13.2. The highest BCUT2D eigenvalue weighted by Crippen LogP contribution is 2.31. The quantitative estimate of drug-likeness (QED) is 0.912. The topological polar surface area (TPSA) is 61.7 Å². The first-order valence-electron chi connectivity index (χ1n) is 6.24. The van der Waals surface area contributed by atoms with E-state index in [0.717, 1.165) is 16.9 Å². The van der Waals surface area contributed by atoms with Crippen molar-refractivity contribution in [3.63, 3.8) is 0 Å². The van der Waals surface area contributed by atoms with Gasteiger partial charge in [-0.25, -0.2) is 4.98 Å². The number of methoxy groups -OCH3 is 1. The minimum atomic E-state index is -0.376. The van der Waals surface area contributed by atoms with Gasteiger partial charge in [0.05, 0.1) is 13.2 Å². The van der Waals surface area contributed by atoms with E-state index in [4.69, 9.17) is 4.74 Å². The number of ether oxygens (including phenoxy) is 1. The number of aromatic nitrogens is 2. The molecule has 0 bridgehead atoms. The van der Waals surface area contributed by atoms with Crippen molar-refractivity contribution in [2.45, 2.75) is 25.7 Å². The molecular formula is C15H17N3O. The van der Waals surface area contributed by atoms with Crippen LogP contribution in [0.4, 0.5) is 0 Å². The third-order valence-corrected chi connectivity index (χ3v) is 3.13. The van der Waals surface area contributed by atoms with Crippen LogP contribution in [-0.2, 0) is 0 Å². The molecule has 1 unspecified atom stereocenters. The Morgan fingerprint density at radius 1 is 1.37 bits per heavy atom. The molecule has 0 saturated carbocycles. The van der Waals surface area contributed by atoms with Crippen molar-refractivity contribution in [2.24, 2.45) is 0 Å². The van der Waals surface area contributed by atoms with Gasteiger partial charge in [-0.15, -0.1) is 0 Å². The van der Waals surface area contributed by atoms with Crippen molar-refractivity contribution >= 4 is 0 Å². The highest BCUT2D eigenvalue weighted by atomic mass is 16.5. The molecule has 0 saturated heterocycles. The number of nitrogens with one attached hydrogen (secondary N) is 1. The Morgan fingerprint density at radius 3 is 2.68 bits per heavy atom. The Balaban J connectivity index is 2.45. The predicted molar refractivity (Wildman–Crippen MR) is 73.1 cm³/mol. The predicted octanol–water partition coefficient (Wildman–Crippen LogP) is 3.20. The molecule has 0 spiro atoms. The second-order valence-corrected chi connectivity index (χ2v) is 4.69. The first-order valence-corrected chi connectivity index (χ1v) is 6.24. The monoisotopic (exact) mass is 255 g/mol. The summed E-state index contributed by atoms with van der Waals surface area (Å²) in [6, 6.07) is 8.15. The van der Waals surface area contributed by atoms with Gasteiger partial charge in [0.1, 0.15) is 17.5 Å². The van der Waals surface area contributed by atoms with Crippen LogP contribution in [0.5, 0.6) is 5.75 Å². The number of H-pyrrole nitrogens is 1. The standard InChI is InChI=1S/C15H17N3O/c1-10(2)12-8-11(4-5-14(12)19-3)13(9-16)15-17-6-7-18-15/h4-8,10,13H,1-3H3,(H,17,18). The highest BCUT2D eigenvalue weighted by Gasteiger charge is 2.18. The molecule has 2 rings (SSSR count). The van der Waals surface area contributed by atoms with Crippen LogP contribution in [0, 0.1) is 11.3 Å². The minimum absolute atomic E-state index is 0.339. The van der Waals surface area contributed by atoms with Crippen LogP contribution < -0.4 is 4.74 Å². The van der Waals surface area contributed by atoms with E-state index in [1.165, 1.54) is 0 Å². The molecule has 1 atom stereocenters. The number of hydrogen-bond donors (Lipinski definition) is 1. The molecule has 1 aromatic heterocycles. The summed E-state index contributed by atoms with van der Waals surface area (Å²) in [6.07, 6.45) is 3.39. The Bertz CT molecular complexity index is 582. The zero-order valence-electron chi connectivity index (χ0n) is 11.3. The second-order valence-electron chi connectivity index (χ2n) is 4.69. The maximum atomic E-state index is 9.37. The van der Waals surface area contributed by atoms with E-state index in [1.54, 1.807) is 19.5 Å². The number of benzene rings is 1. The minimum Gasteiger partial charge on any atom is -0.496 e. The molecule has 4 heteroatoms. The Hall–Kier alpha value is -2.28. The first-order chi connectivity index (χ1) is 9.17. The largest absolute Gasteiger partial charge is 0.496 e. The molecule has 0 fully saturated rings. The summed E-state index contributed by atoms with van der Waals surface area (Å²) in [5, 5.41) is 9.37. The van der Waals surface area contributed by atoms with E-state index in [9.17, 15) is 5.26 Å². The Labute approximate surface area is 113 Å². The van der Waals surface area contributed by atoms with Gasteiger partial charge in [0, 0.05) is 12.4 Å². The van der Waals surface area contributed by atoms with Gasteiger partial charge < -0.3 is 9.72 Å². The third kappa shape index (κ3) is 2.60. The number of nitrogens with zero attached hydrogens (tertiary/aromatic N) is 2. The molecular weight excluding hydrogens is 238 g/mol. The average Bonchev–Trinajstić information content (AvgIpc) is 2.93. The van der Waals surface area contributed by atoms with Gasteiger partial charge in [0.2, 0.25) is 0 Å². The SMILES string of the molecule is COc1ccc(C(C#N)c2ncc[nH]2)cc1C(C)C. The normalized spacial score (nSPS) is 12.2. The maximum Gasteiger partial charge on any atom is 0.129 e. The van der Waals surface area contributed by atoms with Gasteiger partial charge in [-0.05, 0) is 23.1 Å². The molecule has 2 aromatic rings. The van der Waals surface area contributed by atoms with Gasteiger partial charge in [-0.2, -0.15) is 5.26 Å². The summed E-state index contributed by atoms with van der Waals surface area (Å²) in [5.74, 6) is 1.49. The van der Waals surface area contributed by atoms with E-state index in [-0.39, 0.29) is 5.92 Å². The molecule has 0 radical (unpaired) electrons. The number of rotatable bonds is 4. The zero-order chi connectivity index (χ0) is 13.8. The molecule has 1 N–H and O–H groups in total. The van der Waals surface area contributed by atoms with Crippen molar-refractivity contribution in [1.82, 2.24) is 9.97 Å². The van der Waals surface area contributed by atoms with Crippen molar-refractivity contribution in [1.29, 1.82) is 5.26 Å². The van der Waals surface area contributed by atoms with Crippen LogP contribution in [0.25, 0.3) is 0 Å². The average molecular weight is 255 g/mol. The summed E-state index contributed by atoms with van der Waals surface area (Å²) < 4.78 is 5.36. The van der Waals surface area contributed by atoms with Crippen molar-refractivity contribution in [3.8, 4) is 11.8 Å². The summed E-state index contributed by atoms with van der Waals surface area (Å²) in [6.45, 7) is 4.21. The Kier molecular flexibility index (Phi) is 3.86. The van der Waals surface area contributed by atoms with Crippen LogP contribution in [0.15, 0.2) is 30.6 Å². The van der Waals surface area contributed by atoms with E-state index in [2.05, 4.69) is 29.9 Å². The lowest BCUT2D eigenvalue weighted by Gasteiger charge is -2.15. The number of imidazole rings is 1. The van der Waals surface area contributed by atoms with Crippen LogP contribution in [0.2, 0.25) is 0 Å². The lowest BCUT2D eigenvalue weighted by Crippen LogP contribution is -2.03. The van der Waals surface area contributed by atoms with Crippen molar-refractivity contribution in [3.05, 3.63) is 47.5 Å². The summed E-state index contributed by atoms with van der Waals surface area (Å²) in [5.41, 5.74) is 2.04. The summed E-state index contributed by atoms with van der Waals surface area (Å²) in [7, 11) is 1.66. The number of hydrogen-bond acceptors (Lipinski definition) is 3. The maximum absolute atomic E-state index is 9.37. The molecule has 4 nitrogen and oxygen atoms in total. The van der Waals surface area contributed by atoms with Gasteiger partial charge >= 0.3 is 0 Å². The third-order valence-electron chi connectivity index (χ3n) is 3.13. The zero-order valence-corrected chi connectivity index (χ0v) is 11.3. The fourth-order valence-electron chi connectivity index (χ4n) is 2.11. The van der Waals surface area contributed by atoms with Gasteiger partial charge in [-0.3, -0.25) is 0 Å². The van der Waals surface area contributed by atoms with Crippen LogP contribution in [0.1, 0.15) is 42.6 Å². The molecule has 0 amide bonds. The molecule has 19 heavy (non-hydrogen) atoms. The smallest absolute Gasteiger partial charge is 0.129 e. The lowest BCUT2D eigenvalue weighted by atomic mass is 9.93. The van der Waals surface area contributed by atoms with E-state index in [0.29, 0.717) is 11.7 Å². The van der Waals surface area contributed by atoms with Crippen molar-refractivity contribution in [2.75, 3.05) is 7.11 Å². The highest BCUT2D eigenvalue weighted by molar-refractivity contribution is 5.43. The fraction of sp³-hybridized carbons (Fsp3) is 0.333. The van der Waals surface area contributed by atoms with Gasteiger partial charge in [0.15, 0.2) is 0 Å². The van der Waals surface area contributed by atoms with E-state index in [1.807, 2.05) is 18.2 Å². The summed E-state index contributed by atoms with van der Waals surface area (Å²) in [4.78, 5) is 7.17. The molecule has 0 aliphatic carbocycles. The van der Waals surface area contributed by atoms with Crippen LogP contribution in [-0.4, -0.2) is 17.1 Å². The Morgan fingerprint density at radius 2 is 2.16 bits per heavy atom. The van der Waals surface area contributed by atoms with Crippen molar-refractivity contribution < 1.29 is 4.74 Å². The van der Waals surface area contributed by atoms with Gasteiger partial charge in [-0.1, -0.05) is 26.0 Å². The molecule has 0 aliphatic rings. The fourth-order valence-corrected chi connectivity index (χ4v) is 2.11. The number of aromatic amines is 1. The van der Waals surface area contributed by atoms with Gasteiger partial charge in [0.25, 0.3) is 0 Å². The van der Waals surface area contributed by atoms with Crippen LogP contribution in [0.3, 0.4) is 0 Å². The molecule has 1 heterocycles. The number of nitriles is 1. The van der Waals surface area contributed by atoms with Crippen LogP contribution >= 0.6 is 0 Å². The van der Waals surface area contributed by atoms with E-state index >= 15 is 0 Å². The summed E-state index contributed by atoms with van der Waals surface area (Å²) >= 11 is 0. The molecule has 1 aromatic carbocycles. The lowest BCUT2D eigenvalue weighted by molar-refractivity contribution is 0.407.